The number of hydrogen-bond acceptors (Lipinski definition) is 15. The molecule has 2 aliphatic heterocycles. The monoisotopic (exact) mass is 1060 g/mol. The molecule has 2 aliphatic carbocycles. The number of imide groups is 1. The van der Waals surface area contributed by atoms with E-state index >= 15 is 0 Å². The summed E-state index contributed by atoms with van der Waals surface area (Å²) in [7, 11) is 7.24. The summed E-state index contributed by atoms with van der Waals surface area (Å²) in [5.41, 5.74) is 5.30. The number of aldehydes is 1. The third-order valence-electron chi connectivity index (χ3n) is 16.0. The van der Waals surface area contributed by atoms with E-state index in [1.54, 1.807) is 7.11 Å². The first-order valence-electron chi connectivity index (χ1n) is 28.1. The number of nitrogens with one attached hydrogen (secondary N) is 3. The molecule has 428 valence electrons. The average Bonchev–Trinajstić information content (AvgIpc) is 4.01. The van der Waals surface area contributed by atoms with Crippen molar-refractivity contribution in [2.24, 2.45) is 34.7 Å². The second-order valence-electron chi connectivity index (χ2n) is 22.5. The normalized spacial score (nSPS) is 22.8. The van der Waals surface area contributed by atoms with E-state index < -0.39 is 42.7 Å². The summed E-state index contributed by atoms with van der Waals surface area (Å²) in [4.78, 5) is 69.7. The average molecular weight is 1070 g/mol. The molecule has 1 fully saturated rings. The summed E-state index contributed by atoms with van der Waals surface area (Å²) in [5, 5.41) is 47.0. The van der Waals surface area contributed by atoms with Crippen molar-refractivity contribution in [2.45, 2.75) is 194 Å². The van der Waals surface area contributed by atoms with Crippen molar-refractivity contribution in [3.05, 3.63) is 59.8 Å². The Bertz CT molecular complexity index is 2050. The van der Waals surface area contributed by atoms with Crippen LogP contribution in [-0.4, -0.2) is 180 Å². The highest BCUT2D eigenvalue weighted by Gasteiger charge is 2.44. The van der Waals surface area contributed by atoms with Crippen LogP contribution in [0.4, 0.5) is 0 Å². The van der Waals surface area contributed by atoms with Gasteiger partial charge >= 0.3 is 0 Å². The lowest BCUT2D eigenvalue weighted by molar-refractivity contribution is -0.138. The van der Waals surface area contributed by atoms with Crippen molar-refractivity contribution in [2.75, 3.05) is 47.9 Å². The number of carbonyl (C=O) groups excluding carboxylic acids is 5. The highest BCUT2D eigenvalue weighted by molar-refractivity contribution is 6.12. The molecule has 1 saturated heterocycles. The van der Waals surface area contributed by atoms with Gasteiger partial charge in [0.05, 0.1) is 36.6 Å². The SMILES string of the molecule is CCC(C)C(C(CC(O)N1CCCC1C(C=O)C(C)C(O)NC(COC1C=CC(/C(C)=N\NC(=O)CCCCCN2C(=O)C=CC2=O)=CC1)CC1=CCCC=C1)OC)N(C)C(O)[C@@H](NC(=O)C(C(C)C)N(C)C)C(C)C. The summed E-state index contributed by atoms with van der Waals surface area (Å²) in [5.74, 6) is -2.08. The van der Waals surface area contributed by atoms with Gasteiger partial charge in [-0.2, -0.15) is 5.10 Å². The molecule has 0 aromatic rings. The third-order valence-corrected chi connectivity index (χ3v) is 16.0. The van der Waals surface area contributed by atoms with Crippen LogP contribution in [0.15, 0.2) is 64.9 Å². The lowest BCUT2D eigenvalue weighted by atomic mass is 9.84. The summed E-state index contributed by atoms with van der Waals surface area (Å²) < 4.78 is 12.6. The van der Waals surface area contributed by atoms with Gasteiger partial charge in [-0.15, -0.1) is 0 Å². The molecule has 13 atom stereocenters. The summed E-state index contributed by atoms with van der Waals surface area (Å²) in [6.07, 6.45) is 19.7. The Balaban J connectivity index is 1.36. The topological polar surface area (TPSA) is 226 Å². The van der Waals surface area contributed by atoms with Crippen molar-refractivity contribution in [1.29, 1.82) is 0 Å². The Morgan fingerprint density at radius 1 is 0.947 bits per heavy atom. The maximum Gasteiger partial charge on any atom is 0.253 e. The van der Waals surface area contributed by atoms with Gasteiger partial charge in [-0.3, -0.25) is 44.1 Å². The molecule has 6 N–H and O–H groups in total. The third kappa shape index (κ3) is 18.7. The fourth-order valence-corrected chi connectivity index (χ4v) is 11.3. The Morgan fingerprint density at radius 2 is 1.66 bits per heavy atom. The van der Waals surface area contributed by atoms with Gasteiger partial charge in [-0.1, -0.05) is 103 Å². The lowest BCUT2D eigenvalue weighted by Gasteiger charge is -2.45. The van der Waals surface area contributed by atoms with E-state index in [1.165, 1.54) is 17.1 Å². The fourth-order valence-electron chi connectivity index (χ4n) is 11.3. The number of ether oxygens (including phenoxy) is 2. The van der Waals surface area contributed by atoms with Crippen LogP contribution in [0.25, 0.3) is 0 Å². The summed E-state index contributed by atoms with van der Waals surface area (Å²) in [6, 6.07) is -1.91. The van der Waals surface area contributed by atoms with E-state index in [-0.39, 0.29) is 91.1 Å². The lowest BCUT2D eigenvalue weighted by Crippen LogP contribution is -2.61. The van der Waals surface area contributed by atoms with Crippen molar-refractivity contribution in [3.63, 3.8) is 0 Å². The minimum absolute atomic E-state index is 0.0384. The zero-order valence-electron chi connectivity index (χ0n) is 47.9. The molecule has 18 nitrogen and oxygen atoms in total. The number of methoxy groups -OCH3 is 1. The Labute approximate surface area is 454 Å². The van der Waals surface area contributed by atoms with Crippen molar-refractivity contribution in [3.8, 4) is 0 Å². The Morgan fingerprint density at radius 3 is 2.24 bits per heavy atom. The van der Waals surface area contributed by atoms with Crippen LogP contribution in [0, 0.1) is 29.6 Å². The number of rotatable bonds is 34. The van der Waals surface area contributed by atoms with Gasteiger partial charge in [0.15, 0.2) is 0 Å². The van der Waals surface area contributed by atoms with E-state index in [9.17, 15) is 39.3 Å². The fraction of sp³-hybridized carbons (Fsp3) is 0.724. The van der Waals surface area contributed by atoms with E-state index in [0.29, 0.717) is 57.3 Å². The maximum atomic E-state index is 13.6. The minimum atomic E-state index is -1.07. The van der Waals surface area contributed by atoms with Crippen LogP contribution in [0.2, 0.25) is 0 Å². The van der Waals surface area contributed by atoms with Gasteiger partial charge in [-0.05, 0) is 103 Å². The molecule has 4 amide bonds. The van der Waals surface area contributed by atoms with Crippen LogP contribution in [-0.2, 0) is 33.4 Å². The molecule has 12 unspecified atom stereocenters. The molecule has 4 aliphatic rings. The van der Waals surface area contributed by atoms with Gasteiger partial charge < -0.3 is 34.9 Å². The number of amides is 4. The summed E-state index contributed by atoms with van der Waals surface area (Å²) in [6.45, 7) is 17.1. The number of unbranched alkanes of at least 4 members (excludes halogenated alkanes) is 2. The number of allylic oxidation sites excluding steroid dienone is 5. The van der Waals surface area contributed by atoms with E-state index in [4.69, 9.17) is 9.47 Å². The zero-order valence-corrected chi connectivity index (χ0v) is 47.9. The molecular formula is C58H96N8O10. The van der Waals surface area contributed by atoms with Gasteiger partial charge in [0, 0.05) is 75.2 Å². The molecule has 76 heavy (non-hydrogen) atoms. The number of carbonyl (C=O) groups is 5. The highest BCUT2D eigenvalue weighted by Crippen LogP contribution is 2.34. The molecule has 2 heterocycles. The van der Waals surface area contributed by atoms with Gasteiger partial charge in [0.25, 0.3) is 11.8 Å². The van der Waals surface area contributed by atoms with Crippen LogP contribution in [0.5, 0.6) is 0 Å². The van der Waals surface area contributed by atoms with Crippen LogP contribution in [0.3, 0.4) is 0 Å². The second-order valence-corrected chi connectivity index (χ2v) is 22.5. The molecule has 0 aromatic heterocycles. The first-order chi connectivity index (χ1) is 36.1. The number of hydrogen-bond donors (Lipinski definition) is 6. The predicted molar refractivity (Wildman–Crippen MR) is 297 cm³/mol. The largest absolute Gasteiger partial charge is 0.380 e. The Hall–Kier alpha value is -4.24. The van der Waals surface area contributed by atoms with E-state index in [0.717, 1.165) is 43.1 Å². The van der Waals surface area contributed by atoms with E-state index in [1.807, 2.05) is 95.6 Å². The quantitative estimate of drug-likeness (QED) is 0.0122. The smallest absolute Gasteiger partial charge is 0.253 e. The van der Waals surface area contributed by atoms with Gasteiger partial charge in [0.1, 0.15) is 25.0 Å². The number of likely N-dealkylation sites (tertiary alicyclic amines) is 1. The molecule has 0 bridgehead atoms. The number of hydrazone groups is 1. The number of aliphatic hydroxyl groups is 3. The second kappa shape index (κ2) is 32.0. The number of likely N-dealkylation sites (N-methyl/N-ethyl adjacent to an activating group) is 2. The molecule has 0 spiro atoms. The van der Waals surface area contributed by atoms with Gasteiger partial charge in [0.2, 0.25) is 11.8 Å². The standard InChI is InChI=1S/C58H96N8O10/c1-13-39(6)55(64(11)58(74)53(37(2)3)60-57(73)54(38(4)5)63(9)10)48(75-12)34-52(71)65-32-20-23-47(65)46(35-67)40(7)56(72)59-44(33-42-21-16-14-17-22-42)36-76-45-27-25-43(26-28-45)41(8)61-62-49(68)24-18-15-19-31-66-50(69)29-30-51(66)70/h16,21-22,25-27,29-30,35,37-40,44-48,52-56,58-59,71-72,74H,13-15,17-20,23-24,28,31-34,36H2,1-12H3,(H,60,73)(H,62,68)/b61-41-/t39?,40?,44?,45?,46?,47?,48?,52?,53-,54?,55?,56?,58?/m0/s1. The number of aliphatic hydroxyl groups excluding tert-OH is 3. The van der Waals surface area contributed by atoms with Gasteiger partial charge in [-0.25, -0.2) is 5.43 Å². The molecule has 0 saturated carbocycles. The minimum Gasteiger partial charge on any atom is -0.380 e. The highest BCUT2D eigenvalue weighted by atomic mass is 16.5. The molecule has 0 radical (unpaired) electrons. The molecule has 0 aromatic carbocycles. The first-order valence-corrected chi connectivity index (χ1v) is 28.1. The van der Waals surface area contributed by atoms with E-state index in [2.05, 4.69) is 53.2 Å². The van der Waals surface area contributed by atoms with Crippen molar-refractivity contribution >= 4 is 35.6 Å². The first kappa shape index (κ1) is 64.3. The molecular weight excluding hydrogens is 969 g/mol. The zero-order chi connectivity index (χ0) is 56.2. The van der Waals surface area contributed by atoms with Crippen LogP contribution in [0.1, 0.15) is 132 Å². The Kier molecular flexibility index (Phi) is 27.1. The van der Waals surface area contributed by atoms with Crippen molar-refractivity contribution < 1.29 is 48.8 Å². The maximum absolute atomic E-state index is 13.6. The summed E-state index contributed by atoms with van der Waals surface area (Å²) >= 11 is 0. The molecule has 18 heteroatoms. The van der Waals surface area contributed by atoms with Crippen molar-refractivity contribution in [1.82, 2.24) is 35.7 Å². The molecule has 4 rings (SSSR count). The number of nitrogens with zero attached hydrogens (tertiary/aromatic N) is 5. The van der Waals surface area contributed by atoms with Crippen LogP contribution >= 0.6 is 0 Å². The predicted octanol–water partition coefficient (Wildman–Crippen LogP) is 5.21. The van der Waals surface area contributed by atoms with Crippen LogP contribution < -0.4 is 16.1 Å².